The Kier molecular flexibility index (Phi) is 9.68. The number of hydrogen-bond donors (Lipinski definition) is 2. The standard InChI is InChI=1S/C23H28N2O3.ClH/c26-22(25-28-23(27)21-11-6-16-24-21)17-20-14-12-19(13-15-20)10-5-4-9-18-7-2-1-3-8-18;/h1-3,7-8,12-15,21,24H,4-6,9-11,16-17H2,(H,25,26);1H. The molecule has 1 aliphatic heterocycles. The van der Waals surface area contributed by atoms with E-state index in [2.05, 4.69) is 47.2 Å². The Hall–Kier alpha value is -2.37. The normalized spacial score (nSPS) is 15.4. The van der Waals surface area contributed by atoms with Gasteiger partial charge >= 0.3 is 5.97 Å². The van der Waals surface area contributed by atoms with Crippen LogP contribution in [0.2, 0.25) is 0 Å². The Morgan fingerprint density at radius 1 is 0.931 bits per heavy atom. The maximum absolute atomic E-state index is 12.0. The van der Waals surface area contributed by atoms with E-state index >= 15 is 0 Å². The molecule has 6 heteroatoms. The summed E-state index contributed by atoms with van der Waals surface area (Å²) < 4.78 is 0. The number of rotatable bonds is 8. The van der Waals surface area contributed by atoms with Crippen molar-refractivity contribution in [2.24, 2.45) is 0 Å². The molecule has 2 N–H and O–H groups in total. The lowest BCUT2D eigenvalue weighted by molar-refractivity contribution is -0.159. The Balaban J connectivity index is 0.00000300. The lowest BCUT2D eigenvalue weighted by Gasteiger charge is -2.10. The molecule has 0 saturated carbocycles. The van der Waals surface area contributed by atoms with Gasteiger partial charge in [-0.25, -0.2) is 4.79 Å². The minimum Gasteiger partial charge on any atom is -0.339 e. The van der Waals surface area contributed by atoms with E-state index in [0.29, 0.717) is 0 Å². The van der Waals surface area contributed by atoms with Crippen molar-refractivity contribution in [2.45, 2.75) is 51.0 Å². The van der Waals surface area contributed by atoms with E-state index in [4.69, 9.17) is 4.84 Å². The quantitative estimate of drug-likeness (QED) is 0.510. The number of amides is 1. The molecule has 29 heavy (non-hydrogen) atoms. The number of aryl methyl sites for hydroxylation is 2. The zero-order valence-electron chi connectivity index (χ0n) is 16.6. The molecule has 156 valence electrons. The Bertz CT molecular complexity index is 759. The molecule has 2 aromatic rings. The smallest absolute Gasteiger partial charge is 0.339 e. The fourth-order valence-corrected chi connectivity index (χ4v) is 3.41. The Morgan fingerprint density at radius 2 is 1.55 bits per heavy atom. The number of unbranched alkanes of at least 4 members (excludes halogenated alkanes) is 1. The second-order valence-corrected chi connectivity index (χ2v) is 7.28. The van der Waals surface area contributed by atoms with Crippen LogP contribution in [0.25, 0.3) is 0 Å². The molecule has 5 nitrogen and oxygen atoms in total. The van der Waals surface area contributed by atoms with Crippen molar-refractivity contribution < 1.29 is 14.4 Å². The van der Waals surface area contributed by atoms with Crippen LogP contribution in [0.1, 0.15) is 42.4 Å². The van der Waals surface area contributed by atoms with Gasteiger partial charge in [0, 0.05) is 0 Å². The summed E-state index contributed by atoms with van der Waals surface area (Å²) in [4.78, 5) is 28.6. The first-order valence-electron chi connectivity index (χ1n) is 10.1. The van der Waals surface area contributed by atoms with E-state index in [9.17, 15) is 9.59 Å². The zero-order valence-corrected chi connectivity index (χ0v) is 17.4. The summed E-state index contributed by atoms with van der Waals surface area (Å²) in [5, 5.41) is 3.04. The van der Waals surface area contributed by atoms with E-state index in [1.807, 2.05) is 18.2 Å². The van der Waals surface area contributed by atoms with Crippen LogP contribution in [0, 0.1) is 0 Å². The number of hydrogen-bond acceptors (Lipinski definition) is 4. The molecule has 0 bridgehead atoms. The zero-order chi connectivity index (χ0) is 19.6. The molecule has 1 fully saturated rings. The number of nitrogens with one attached hydrogen (secondary N) is 2. The monoisotopic (exact) mass is 416 g/mol. The highest BCUT2D eigenvalue weighted by Crippen LogP contribution is 2.11. The van der Waals surface area contributed by atoms with Crippen molar-refractivity contribution >= 4 is 24.3 Å². The van der Waals surface area contributed by atoms with Crippen molar-refractivity contribution in [3.63, 3.8) is 0 Å². The summed E-state index contributed by atoms with van der Waals surface area (Å²) in [6.45, 7) is 0.812. The predicted octanol–water partition coefficient (Wildman–Crippen LogP) is 3.54. The van der Waals surface area contributed by atoms with Gasteiger partial charge < -0.3 is 10.2 Å². The average molecular weight is 417 g/mol. The van der Waals surface area contributed by atoms with E-state index in [1.54, 1.807) is 0 Å². The lowest BCUT2D eigenvalue weighted by Crippen LogP contribution is -2.38. The van der Waals surface area contributed by atoms with E-state index in [0.717, 1.165) is 50.6 Å². The van der Waals surface area contributed by atoms with Gasteiger partial charge in [0.15, 0.2) is 0 Å². The highest BCUT2D eigenvalue weighted by atomic mass is 35.5. The van der Waals surface area contributed by atoms with Crippen LogP contribution in [0.5, 0.6) is 0 Å². The van der Waals surface area contributed by atoms with Crippen molar-refractivity contribution in [2.75, 3.05) is 6.54 Å². The topological polar surface area (TPSA) is 67.4 Å². The van der Waals surface area contributed by atoms with Crippen molar-refractivity contribution in [3.05, 3.63) is 71.3 Å². The molecule has 2 aromatic carbocycles. The predicted molar refractivity (Wildman–Crippen MR) is 116 cm³/mol. The highest BCUT2D eigenvalue weighted by Gasteiger charge is 2.24. The van der Waals surface area contributed by atoms with Gasteiger partial charge in [-0.3, -0.25) is 4.79 Å². The van der Waals surface area contributed by atoms with Gasteiger partial charge in [0.25, 0.3) is 5.91 Å². The van der Waals surface area contributed by atoms with Crippen LogP contribution in [0.3, 0.4) is 0 Å². The summed E-state index contributed by atoms with van der Waals surface area (Å²) in [5.74, 6) is -0.737. The second-order valence-electron chi connectivity index (χ2n) is 7.28. The first-order chi connectivity index (χ1) is 13.7. The van der Waals surface area contributed by atoms with Crippen LogP contribution in [0.4, 0.5) is 0 Å². The second kappa shape index (κ2) is 12.2. The molecule has 1 heterocycles. The fourth-order valence-electron chi connectivity index (χ4n) is 3.41. The van der Waals surface area contributed by atoms with Gasteiger partial charge in [-0.15, -0.1) is 12.4 Å². The van der Waals surface area contributed by atoms with Crippen LogP contribution < -0.4 is 10.8 Å². The van der Waals surface area contributed by atoms with Gasteiger partial charge in [0.1, 0.15) is 6.04 Å². The molecule has 0 radical (unpaired) electrons. The molecule has 1 atom stereocenters. The summed E-state index contributed by atoms with van der Waals surface area (Å²) in [6.07, 6.45) is 6.34. The van der Waals surface area contributed by atoms with E-state index in [1.165, 1.54) is 11.1 Å². The van der Waals surface area contributed by atoms with E-state index < -0.39 is 5.97 Å². The Labute approximate surface area is 178 Å². The average Bonchev–Trinajstić information content (AvgIpc) is 3.26. The minimum atomic E-state index is -0.420. The fraction of sp³-hybridized carbons (Fsp3) is 0.391. The third kappa shape index (κ3) is 7.87. The van der Waals surface area contributed by atoms with Crippen molar-refractivity contribution in [1.29, 1.82) is 0 Å². The van der Waals surface area contributed by atoms with Gasteiger partial charge in [0.2, 0.25) is 0 Å². The van der Waals surface area contributed by atoms with Crippen molar-refractivity contribution in [3.8, 4) is 0 Å². The number of halogens is 1. The van der Waals surface area contributed by atoms with Gasteiger partial charge in [-0.05, 0) is 61.8 Å². The molecule has 0 spiro atoms. The molecule has 3 rings (SSSR count). The van der Waals surface area contributed by atoms with Gasteiger partial charge in [-0.2, -0.15) is 5.48 Å². The van der Waals surface area contributed by atoms with Crippen LogP contribution in [-0.2, 0) is 33.7 Å². The van der Waals surface area contributed by atoms with Crippen LogP contribution >= 0.6 is 12.4 Å². The molecule has 1 amide bonds. The van der Waals surface area contributed by atoms with Gasteiger partial charge in [0.05, 0.1) is 6.42 Å². The number of carbonyl (C=O) groups excluding carboxylic acids is 2. The maximum Gasteiger partial charge on any atom is 0.348 e. The first-order valence-corrected chi connectivity index (χ1v) is 10.1. The molecular weight excluding hydrogens is 388 g/mol. The number of hydroxylamine groups is 1. The molecule has 0 aromatic heterocycles. The SMILES string of the molecule is Cl.O=C(Cc1ccc(CCCCc2ccccc2)cc1)NOC(=O)C1CCCN1. The van der Waals surface area contributed by atoms with Crippen LogP contribution in [-0.4, -0.2) is 24.5 Å². The molecular formula is C23H29ClN2O3. The molecule has 1 saturated heterocycles. The van der Waals surface area contributed by atoms with E-state index in [-0.39, 0.29) is 30.8 Å². The summed E-state index contributed by atoms with van der Waals surface area (Å²) >= 11 is 0. The van der Waals surface area contributed by atoms with Gasteiger partial charge in [-0.1, -0.05) is 54.6 Å². The number of carbonyl (C=O) groups is 2. The highest BCUT2D eigenvalue weighted by molar-refractivity contribution is 5.85. The first kappa shape index (κ1) is 22.9. The molecule has 1 unspecified atom stereocenters. The molecule has 1 aliphatic rings. The Morgan fingerprint density at radius 3 is 2.17 bits per heavy atom. The maximum atomic E-state index is 12.0. The third-order valence-corrected chi connectivity index (χ3v) is 5.02. The third-order valence-electron chi connectivity index (χ3n) is 5.02. The number of benzene rings is 2. The van der Waals surface area contributed by atoms with Crippen LogP contribution in [0.15, 0.2) is 54.6 Å². The van der Waals surface area contributed by atoms with Crippen molar-refractivity contribution in [1.82, 2.24) is 10.8 Å². The lowest BCUT2D eigenvalue weighted by atomic mass is 10.0. The largest absolute Gasteiger partial charge is 0.348 e. The summed E-state index contributed by atoms with van der Waals surface area (Å²) in [6, 6.07) is 18.3. The summed E-state index contributed by atoms with van der Waals surface area (Å²) in [5.41, 5.74) is 5.81. The summed E-state index contributed by atoms with van der Waals surface area (Å²) in [7, 11) is 0. The minimum absolute atomic E-state index is 0. The molecule has 0 aliphatic carbocycles.